The molecule has 0 spiro atoms. The molecular formula is C29H28N4O2. The van der Waals surface area contributed by atoms with E-state index in [9.17, 15) is 9.59 Å². The van der Waals surface area contributed by atoms with Gasteiger partial charge in [0.2, 0.25) is 5.91 Å². The highest BCUT2D eigenvalue weighted by Crippen LogP contribution is 2.37. The first-order valence-corrected chi connectivity index (χ1v) is 11.4. The zero-order chi connectivity index (χ0) is 24.9. The highest BCUT2D eigenvalue weighted by molar-refractivity contribution is 6.09. The van der Waals surface area contributed by atoms with Gasteiger partial charge in [0, 0.05) is 24.2 Å². The summed E-state index contributed by atoms with van der Waals surface area (Å²) in [6.45, 7) is 7.83. The lowest BCUT2D eigenvalue weighted by Crippen LogP contribution is -2.34. The molecule has 6 heteroatoms. The predicted molar refractivity (Wildman–Crippen MR) is 142 cm³/mol. The summed E-state index contributed by atoms with van der Waals surface area (Å²) in [6.07, 6.45) is 4.66. The third-order valence-electron chi connectivity index (χ3n) is 5.96. The lowest BCUT2D eigenvalue weighted by atomic mass is 9.99. The SMILES string of the molecule is C=C(C=N/C=C\N)C(C)NC(=O)c1cc(-c2ccc(C)cc2)cc(N2C(=O)Cc3ccccc32)c1. The van der Waals surface area contributed by atoms with Gasteiger partial charge in [0.05, 0.1) is 23.8 Å². The topological polar surface area (TPSA) is 87.8 Å². The highest BCUT2D eigenvalue weighted by atomic mass is 16.2. The Kier molecular flexibility index (Phi) is 6.92. The van der Waals surface area contributed by atoms with Crippen LogP contribution in [0.2, 0.25) is 0 Å². The van der Waals surface area contributed by atoms with Gasteiger partial charge in [0.15, 0.2) is 0 Å². The number of hydrogen-bond donors (Lipinski definition) is 2. The second kappa shape index (κ2) is 10.2. The lowest BCUT2D eigenvalue weighted by molar-refractivity contribution is -0.116. The standard InChI is InChI=1S/C29H28N4O2/c1-19-8-10-22(11-9-19)24-14-25(29(35)32-21(3)20(2)18-31-13-12-30)16-26(15-24)33-27-7-5-4-6-23(27)17-28(33)34/h4-16,18,21H,2,17,30H2,1,3H3,(H,32,35)/b13-12-,31-18?. The summed E-state index contributed by atoms with van der Waals surface area (Å²) in [4.78, 5) is 32.0. The number of aliphatic imine (C=N–C) groups is 1. The summed E-state index contributed by atoms with van der Waals surface area (Å²) in [5.74, 6) is -0.291. The molecule has 0 aliphatic carbocycles. The zero-order valence-electron chi connectivity index (χ0n) is 19.9. The van der Waals surface area contributed by atoms with Crippen molar-refractivity contribution in [1.82, 2.24) is 5.32 Å². The van der Waals surface area contributed by atoms with E-state index in [4.69, 9.17) is 5.73 Å². The minimum atomic E-state index is -0.349. The number of hydrogen-bond acceptors (Lipinski definition) is 4. The maximum absolute atomic E-state index is 13.3. The average Bonchev–Trinajstić information content (AvgIpc) is 3.19. The second-order valence-electron chi connectivity index (χ2n) is 8.56. The molecule has 3 aromatic carbocycles. The number of carbonyl (C=O) groups excluding carboxylic acids is 2. The van der Waals surface area contributed by atoms with Gasteiger partial charge in [-0.2, -0.15) is 0 Å². The molecule has 1 unspecified atom stereocenters. The van der Waals surface area contributed by atoms with Crippen LogP contribution < -0.4 is 16.0 Å². The Morgan fingerprint density at radius 1 is 1.11 bits per heavy atom. The summed E-state index contributed by atoms with van der Waals surface area (Å²) in [5.41, 5.74) is 11.8. The predicted octanol–water partition coefficient (Wildman–Crippen LogP) is 5.06. The first-order valence-electron chi connectivity index (χ1n) is 11.4. The van der Waals surface area contributed by atoms with E-state index < -0.39 is 0 Å². The van der Waals surface area contributed by atoms with Crippen LogP contribution in [0.4, 0.5) is 11.4 Å². The minimum Gasteiger partial charge on any atom is -0.403 e. The molecule has 3 aromatic rings. The molecule has 1 heterocycles. The largest absolute Gasteiger partial charge is 0.403 e. The number of fused-ring (bicyclic) bond motifs is 1. The molecule has 0 saturated carbocycles. The second-order valence-corrected chi connectivity index (χ2v) is 8.56. The Morgan fingerprint density at radius 2 is 1.86 bits per heavy atom. The zero-order valence-corrected chi connectivity index (χ0v) is 19.9. The van der Waals surface area contributed by atoms with Crippen LogP contribution >= 0.6 is 0 Å². The van der Waals surface area contributed by atoms with Crippen LogP contribution in [0.3, 0.4) is 0 Å². The van der Waals surface area contributed by atoms with Gasteiger partial charge in [-0.15, -0.1) is 0 Å². The molecule has 2 amide bonds. The van der Waals surface area contributed by atoms with Crippen LogP contribution in [0.1, 0.15) is 28.4 Å². The lowest BCUT2D eigenvalue weighted by Gasteiger charge is -2.21. The Bertz CT molecular complexity index is 1340. The fourth-order valence-corrected chi connectivity index (χ4v) is 3.99. The number of rotatable bonds is 7. The number of aryl methyl sites for hydroxylation is 1. The van der Waals surface area contributed by atoms with Crippen molar-refractivity contribution in [2.24, 2.45) is 10.7 Å². The molecule has 1 aliphatic heterocycles. The fraction of sp³-hybridized carbons (Fsp3) is 0.138. The number of nitrogens with one attached hydrogen (secondary N) is 1. The molecular weight excluding hydrogens is 436 g/mol. The molecule has 4 rings (SSSR count). The van der Waals surface area contributed by atoms with E-state index in [1.165, 1.54) is 12.4 Å². The molecule has 0 radical (unpaired) electrons. The fourth-order valence-electron chi connectivity index (χ4n) is 3.99. The third-order valence-corrected chi connectivity index (χ3v) is 5.96. The van der Waals surface area contributed by atoms with Crippen molar-refractivity contribution in [3.63, 3.8) is 0 Å². The van der Waals surface area contributed by atoms with E-state index >= 15 is 0 Å². The van der Waals surface area contributed by atoms with Gasteiger partial charge in [-0.3, -0.25) is 19.5 Å². The van der Waals surface area contributed by atoms with Crippen molar-refractivity contribution < 1.29 is 9.59 Å². The maximum atomic E-state index is 13.3. The van der Waals surface area contributed by atoms with E-state index in [1.54, 1.807) is 17.2 Å². The molecule has 176 valence electrons. The Labute approximate surface area is 205 Å². The van der Waals surface area contributed by atoms with Crippen LogP contribution in [-0.4, -0.2) is 24.1 Å². The Morgan fingerprint density at radius 3 is 2.60 bits per heavy atom. The molecule has 0 fully saturated rings. The van der Waals surface area contributed by atoms with Crippen LogP contribution in [0.25, 0.3) is 11.1 Å². The summed E-state index contributed by atoms with van der Waals surface area (Å²) in [7, 11) is 0. The number of anilines is 2. The van der Waals surface area contributed by atoms with Gasteiger partial charge >= 0.3 is 0 Å². The van der Waals surface area contributed by atoms with E-state index in [2.05, 4.69) is 16.9 Å². The van der Waals surface area contributed by atoms with Crippen molar-refractivity contribution in [3.05, 3.63) is 108 Å². The van der Waals surface area contributed by atoms with E-state index in [0.29, 0.717) is 23.2 Å². The molecule has 0 aromatic heterocycles. The maximum Gasteiger partial charge on any atom is 0.251 e. The minimum absolute atomic E-state index is 0.0236. The monoisotopic (exact) mass is 464 g/mol. The third kappa shape index (κ3) is 5.22. The average molecular weight is 465 g/mol. The van der Waals surface area contributed by atoms with E-state index in [-0.39, 0.29) is 17.9 Å². The van der Waals surface area contributed by atoms with Crippen LogP contribution in [0, 0.1) is 6.92 Å². The number of para-hydroxylation sites is 1. The van der Waals surface area contributed by atoms with Crippen LogP contribution in [0.15, 0.2) is 96.3 Å². The summed E-state index contributed by atoms with van der Waals surface area (Å²) in [5, 5.41) is 2.97. The number of nitrogens with zero attached hydrogens (tertiary/aromatic N) is 2. The number of benzene rings is 3. The van der Waals surface area contributed by atoms with Gasteiger partial charge in [0.25, 0.3) is 5.91 Å². The first kappa shape index (κ1) is 23.7. The molecule has 0 bridgehead atoms. The first-order chi connectivity index (χ1) is 16.9. The van der Waals surface area contributed by atoms with Crippen LogP contribution in [0.5, 0.6) is 0 Å². The summed E-state index contributed by atoms with van der Waals surface area (Å²) >= 11 is 0. The van der Waals surface area contributed by atoms with Crippen LogP contribution in [-0.2, 0) is 11.2 Å². The molecule has 1 atom stereocenters. The van der Waals surface area contributed by atoms with Crippen molar-refractivity contribution in [2.45, 2.75) is 26.3 Å². The van der Waals surface area contributed by atoms with Gasteiger partial charge in [0.1, 0.15) is 0 Å². The molecule has 1 aliphatic rings. The number of nitrogens with two attached hydrogens (primary N) is 1. The number of amides is 2. The Balaban J connectivity index is 1.72. The molecule has 3 N–H and O–H groups in total. The van der Waals surface area contributed by atoms with E-state index in [0.717, 1.165) is 27.9 Å². The molecule has 35 heavy (non-hydrogen) atoms. The van der Waals surface area contributed by atoms with Crippen molar-refractivity contribution >= 4 is 29.4 Å². The molecule has 0 saturated heterocycles. The van der Waals surface area contributed by atoms with Crippen molar-refractivity contribution in [2.75, 3.05) is 4.90 Å². The highest BCUT2D eigenvalue weighted by Gasteiger charge is 2.29. The quantitative estimate of drug-likeness (QED) is 0.479. The normalized spacial score (nSPS) is 13.9. The molecule has 6 nitrogen and oxygen atoms in total. The summed E-state index contributed by atoms with van der Waals surface area (Å²) < 4.78 is 0. The van der Waals surface area contributed by atoms with Gasteiger partial charge < -0.3 is 11.1 Å². The van der Waals surface area contributed by atoms with Gasteiger partial charge in [-0.1, -0.05) is 54.6 Å². The smallest absolute Gasteiger partial charge is 0.251 e. The van der Waals surface area contributed by atoms with Crippen molar-refractivity contribution in [1.29, 1.82) is 0 Å². The van der Waals surface area contributed by atoms with E-state index in [1.807, 2.05) is 74.5 Å². The summed E-state index contributed by atoms with van der Waals surface area (Å²) in [6, 6.07) is 21.0. The van der Waals surface area contributed by atoms with Gasteiger partial charge in [-0.05, 0) is 60.4 Å². The van der Waals surface area contributed by atoms with Gasteiger partial charge in [-0.25, -0.2) is 0 Å². The number of carbonyl (C=O) groups is 2. The Hall–Kier alpha value is -4.45. The van der Waals surface area contributed by atoms with Crippen molar-refractivity contribution in [3.8, 4) is 11.1 Å².